The summed E-state index contributed by atoms with van der Waals surface area (Å²) >= 11 is 7.42. The van der Waals surface area contributed by atoms with Crippen LogP contribution in [0.25, 0.3) is 0 Å². The molecular weight excluding hydrogens is 302 g/mol. The Labute approximate surface area is 136 Å². The molecule has 0 radical (unpaired) electrons. The molecule has 0 saturated carbocycles. The molecule has 1 aromatic carbocycles. The number of benzene rings is 1. The molecule has 2 aromatic rings. The van der Waals surface area contributed by atoms with Gasteiger partial charge in [-0.25, -0.2) is 4.98 Å². The summed E-state index contributed by atoms with van der Waals surface area (Å²) in [6, 6.07) is 6.42. The highest BCUT2D eigenvalue weighted by Crippen LogP contribution is 2.32. The van der Waals surface area contributed by atoms with Crippen LogP contribution in [0.15, 0.2) is 23.6 Å². The minimum absolute atomic E-state index is 0.0794. The Morgan fingerprint density at radius 3 is 2.67 bits per heavy atom. The van der Waals surface area contributed by atoms with Crippen LogP contribution >= 0.6 is 22.9 Å². The Kier molecular flexibility index (Phi) is 5.28. The van der Waals surface area contributed by atoms with E-state index in [0.29, 0.717) is 12.5 Å². The number of nitrogens with zero attached hydrogens (tertiary/aromatic N) is 1. The van der Waals surface area contributed by atoms with Crippen molar-refractivity contribution < 1.29 is 4.74 Å². The fourth-order valence-corrected chi connectivity index (χ4v) is 3.15. The number of rotatable bonds is 5. The van der Waals surface area contributed by atoms with E-state index >= 15 is 0 Å². The predicted molar refractivity (Wildman–Crippen MR) is 90.7 cm³/mol. The number of thiazole rings is 1. The fourth-order valence-electron chi connectivity index (χ4n) is 2.14. The molecule has 0 aliphatic rings. The topological polar surface area (TPSA) is 22.1 Å². The lowest BCUT2D eigenvalue weighted by Gasteiger charge is -2.23. The number of aromatic nitrogens is 1. The van der Waals surface area contributed by atoms with Crippen molar-refractivity contribution in [3.8, 4) is 5.75 Å². The summed E-state index contributed by atoms with van der Waals surface area (Å²) in [5.74, 6) is 1.46. The first-order valence-corrected chi connectivity index (χ1v) is 8.55. The third kappa shape index (κ3) is 4.45. The fraction of sp³-hybridized carbons (Fsp3) is 0.471. The van der Waals surface area contributed by atoms with Gasteiger partial charge in [-0.15, -0.1) is 22.9 Å². The van der Waals surface area contributed by atoms with Gasteiger partial charge in [0.15, 0.2) is 0 Å². The van der Waals surface area contributed by atoms with Gasteiger partial charge in [0.2, 0.25) is 0 Å². The van der Waals surface area contributed by atoms with Gasteiger partial charge >= 0.3 is 0 Å². The van der Waals surface area contributed by atoms with Gasteiger partial charge < -0.3 is 4.74 Å². The van der Waals surface area contributed by atoms with Crippen molar-refractivity contribution in [1.82, 2.24) is 4.98 Å². The molecule has 4 heteroatoms. The van der Waals surface area contributed by atoms with Crippen LogP contribution in [0.2, 0.25) is 0 Å². The first-order valence-electron chi connectivity index (χ1n) is 7.13. The second-order valence-electron chi connectivity index (χ2n) is 6.21. The minimum Gasteiger partial charge on any atom is -0.493 e. The molecule has 2 nitrogen and oxygen atoms in total. The zero-order valence-corrected chi connectivity index (χ0v) is 14.6. The van der Waals surface area contributed by atoms with Crippen LogP contribution in [0.1, 0.15) is 42.6 Å². The maximum atomic E-state index is 6.02. The maximum absolute atomic E-state index is 6.02. The van der Waals surface area contributed by atoms with Crippen molar-refractivity contribution in [2.75, 3.05) is 6.61 Å². The second kappa shape index (κ2) is 6.80. The quantitative estimate of drug-likeness (QED) is 0.713. The van der Waals surface area contributed by atoms with Crippen LogP contribution in [0.3, 0.4) is 0 Å². The van der Waals surface area contributed by atoms with Gasteiger partial charge in [-0.3, -0.25) is 0 Å². The Morgan fingerprint density at radius 2 is 2.05 bits per heavy atom. The van der Waals surface area contributed by atoms with Crippen LogP contribution in [0.4, 0.5) is 0 Å². The summed E-state index contributed by atoms with van der Waals surface area (Å²) in [7, 11) is 0. The van der Waals surface area contributed by atoms with E-state index in [1.165, 1.54) is 11.1 Å². The highest BCUT2D eigenvalue weighted by molar-refractivity contribution is 7.09. The minimum atomic E-state index is 0.0794. The van der Waals surface area contributed by atoms with E-state index in [9.17, 15) is 0 Å². The van der Waals surface area contributed by atoms with Crippen molar-refractivity contribution in [2.24, 2.45) is 0 Å². The van der Waals surface area contributed by atoms with Crippen molar-refractivity contribution in [3.05, 3.63) is 45.4 Å². The molecule has 0 spiro atoms. The molecule has 0 fully saturated rings. The SMILES string of the molecule is Cc1ccc(C(C)(C)C)c(OCCc2nc(CCl)cs2)c1. The van der Waals surface area contributed by atoms with Gasteiger partial charge in [-0.05, 0) is 29.5 Å². The van der Waals surface area contributed by atoms with Gasteiger partial charge in [-0.2, -0.15) is 0 Å². The zero-order valence-electron chi connectivity index (χ0n) is 13.1. The largest absolute Gasteiger partial charge is 0.493 e. The van der Waals surface area contributed by atoms with Gasteiger partial charge in [0.05, 0.1) is 23.2 Å². The van der Waals surface area contributed by atoms with E-state index in [1.54, 1.807) is 11.3 Å². The average molecular weight is 324 g/mol. The molecule has 0 N–H and O–H groups in total. The standard InChI is InChI=1S/C17H22ClNOS/c1-12-5-6-14(17(2,3)4)15(9-12)20-8-7-16-19-13(10-18)11-21-16/h5-6,9,11H,7-8,10H2,1-4H3. The predicted octanol–water partition coefficient (Wildman–Crippen LogP) is 5.11. The lowest BCUT2D eigenvalue weighted by atomic mass is 9.86. The number of halogens is 1. The van der Waals surface area contributed by atoms with Gasteiger partial charge in [0.25, 0.3) is 0 Å². The molecule has 0 aliphatic carbocycles. The lowest BCUT2D eigenvalue weighted by molar-refractivity contribution is 0.312. The summed E-state index contributed by atoms with van der Waals surface area (Å²) in [6.07, 6.45) is 0.819. The van der Waals surface area contributed by atoms with E-state index in [-0.39, 0.29) is 5.41 Å². The summed E-state index contributed by atoms with van der Waals surface area (Å²) in [4.78, 5) is 4.46. The van der Waals surface area contributed by atoms with Gasteiger partial charge in [0.1, 0.15) is 5.75 Å². The lowest BCUT2D eigenvalue weighted by Crippen LogP contribution is -2.14. The van der Waals surface area contributed by atoms with Crippen molar-refractivity contribution in [2.45, 2.75) is 45.4 Å². The van der Waals surface area contributed by atoms with E-state index in [0.717, 1.165) is 22.9 Å². The zero-order chi connectivity index (χ0) is 15.5. The molecule has 21 heavy (non-hydrogen) atoms. The van der Waals surface area contributed by atoms with Crippen molar-refractivity contribution in [1.29, 1.82) is 0 Å². The number of aryl methyl sites for hydroxylation is 1. The molecule has 0 saturated heterocycles. The van der Waals surface area contributed by atoms with E-state index in [2.05, 4.69) is 50.9 Å². The summed E-state index contributed by atoms with van der Waals surface area (Å²) in [6.45, 7) is 9.35. The highest BCUT2D eigenvalue weighted by Gasteiger charge is 2.19. The van der Waals surface area contributed by atoms with Crippen molar-refractivity contribution >= 4 is 22.9 Å². The van der Waals surface area contributed by atoms with Gasteiger partial charge in [0, 0.05) is 11.8 Å². The Balaban J connectivity index is 2.04. The molecule has 114 valence electrons. The van der Waals surface area contributed by atoms with Crippen LogP contribution in [-0.2, 0) is 17.7 Å². The molecule has 1 heterocycles. The third-order valence-corrected chi connectivity index (χ3v) is 4.49. The van der Waals surface area contributed by atoms with Crippen LogP contribution < -0.4 is 4.74 Å². The van der Waals surface area contributed by atoms with Crippen LogP contribution in [-0.4, -0.2) is 11.6 Å². The van der Waals surface area contributed by atoms with E-state index < -0.39 is 0 Å². The maximum Gasteiger partial charge on any atom is 0.123 e. The monoisotopic (exact) mass is 323 g/mol. The normalized spacial score (nSPS) is 11.7. The molecule has 0 amide bonds. The average Bonchev–Trinajstić information content (AvgIpc) is 2.85. The molecule has 0 atom stereocenters. The number of ether oxygens (including phenoxy) is 1. The smallest absolute Gasteiger partial charge is 0.123 e. The number of hydrogen-bond acceptors (Lipinski definition) is 3. The molecule has 0 bridgehead atoms. The Bertz CT molecular complexity index is 601. The Hall–Kier alpha value is -1.06. The molecule has 2 rings (SSSR count). The first kappa shape index (κ1) is 16.3. The summed E-state index contributed by atoms with van der Waals surface area (Å²) in [5, 5.41) is 3.09. The molecular formula is C17H22ClNOS. The molecule has 1 aromatic heterocycles. The molecule has 0 aliphatic heterocycles. The number of alkyl halides is 1. The second-order valence-corrected chi connectivity index (χ2v) is 7.42. The summed E-state index contributed by atoms with van der Waals surface area (Å²) < 4.78 is 6.02. The van der Waals surface area contributed by atoms with Crippen LogP contribution in [0.5, 0.6) is 5.75 Å². The summed E-state index contributed by atoms with van der Waals surface area (Å²) in [5.41, 5.74) is 3.49. The van der Waals surface area contributed by atoms with E-state index in [1.807, 2.05) is 5.38 Å². The molecule has 0 unspecified atom stereocenters. The number of hydrogen-bond donors (Lipinski definition) is 0. The van der Waals surface area contributed by atoms with Crippen molar-refractivity contribution in [3.63, 3.8) is 0 Å². The van der Waals surface area contributed by atoms with Crippen LogP contribution in [0, 0.1) is 6.92 Å². The first-order chi connectivity index (χ1) is 9.90. The third-order valence-electron chi connectivity index (χ3n) is 3.25. The van der Waals surface area contributed by atoms with E-state index in [4.69, 9.17) is 16.3 Å². The Morgan fingerprint density at radius 1 is 1.29 bits per heavy atom. The van der Waals surface area contributed by atoms with Gasteiger partial charge in [-0.1, -0.05) is 32.9 Å². The highest BCUT2D eigenvalue weighted by atomic mass is 35.5.